The lowest BCUT2D eigenvalue weighted by Crippen LogP contribution is -2.38. The summed E-state index contributed by atoms with van der Waals surface area (Å²) in [5.41, 5.74) is 3.70. The largest absolute Gasteiger partial charge is 0.491 e. The van der Waals surface area contributed by atoms with Gasteiger partial charge < -0.3 is 13.9 Å². The summed E-state index contributed by atoms with van der Waals surface area (Å²) >= 11 is 0. The Labute approximate surface area is 182 Å². The van der Waals surface area contributed by atoms with Crippen LogP contribution < -0.4 is 4.74 Å². The predicted molar refractivity (Wildman–Crippen MR) is 122 cm³/mol. The fourth-order valence-corrected chi connectivity index (χ4v) is 3.76. The van der Waals surface area contributed by atoms with Crippen LogP contribution in [0.3, 0.4) is 0 Å². The fourth-order valence-electron chi connectivity index (χ4n) is 3.76. The van der Waals surface area contributed by atoms with Crippen molar-refractivity contribution in [3.05, 3.63) is 60.2 Å². The molecule has 1 aromatic heterocycles. The minimum atomic E-state index is 0. The number of aromatic nitrogens is 1. The van der Waals surface area contributed by atoms with Gasteiger partial charge in [0.05, 0.1) is 18.8 Å². The highest BCUT2D eigenvalue weighted by Crippen LogP contribution is 2.35. The molecular formula is C24H25ClN2O3. The van der Waals surface area contributed by atoms with Crippen molar-refractivity contribution >= 4 is 34.3 Å². The molecule has 0 unspecified atom stereocenters. The summed E-state index contributed by atoms with van der Waals surface area (Å²) in [4.78, 5) is 7.08. The second-order valence-corrected chi connectivity index (χ2v) is 7.49. The lowest BCUT2D eigenvalue weighted by Gasteiger charge is -2.26. The van der Waals surface area contributed by atoms with Crippen molar-refractivity contribution in [3.8, 4) is 17.2 Å². The van der Waals surface area contributed by atoms with Crippen LogP contribution >= 0.6 is 12.4 Å². The van der Waals surface area contributed by atoms with E-state index in [0.29, 0.717) is 12.5 Å². The minimum absolute atomic E-state index is 0. The lowest BCUT2D eigenvalue weighted by molar-refractivity contribution is 0.0323. The Morgan fingerprint density at radius 3 is 2.57 bits per heavy atom. The third-order valence-corrected chi connectivity index (χ3v) is 5.39. The SMILES string of the molecule is Cc1ccc2nc(-c3cc4ccccc4cc3OCCN3CCOCC3)oc2c1.Cl. The first-order valence-corrected chi connectivity index (χ1v) is 10.1. The number of nitrogens with zero attached hydrogens (tertiary/aromatic N) is 2. The first-order valence-electron chi connectivity index (χ1n) is 10.1. The monoisotopic (exact) mass is 424 g/mol. The number of oxazole rings is 1. The van der Waals surface area contributed by atoms with Gasteiger partial charge in [-0.05, 0) is 47.5 Å². The quantitative estimate of drug-likeness (QED) is 0.446. The first kappa shape index (κ1) is 20.7. The Bertz CT molecular complexity index is 1150. The van der Waals surface area contributed by atoms with Gasteiger partial charge in [0.25, 0.3) is 0 Å². The molecule has 0 saturated carbocycles. The van der Waals surface area contributed by atoms with Crippen molar-refractivity contribution in [2.75, 3.05) is 39.5 Å². The highest BCUT2D eigenvalue weighted by Gasteiger charge is 2.16. The maximum absolute atomic E-state index is 6.24. The highest BCUT2D eigenvalue weighted by atomic mass is 35.5. The molecule has 156 valence electrons. The van der Waals surface area contributed by atoms with Crippen LogP contribution in [0.1, 0.15) is 5.56 Å². The van der Waals surface area contributed by atoms with Gasteiger partial charge in [-0.3, -0.25) is 4.90 Å². The number of hydrogen-bond acceptors (Lipinski definition) is 5. The third kappa shape index (κ3) is 4.29. The summed E-state index contributed by atoms with van der Waals surface area (Å²) in [5, 5.41) is 2.28. The van der Waals surface area contributed by atoms with Crippen molar-refractivity contribution in [1.29, 1.82) is 0 Å². The Kier molecular flexibility index (Phi) is 6.23. The average molecular weight is 425 g/mol. The number of rotatable bonds is 5. The molecule has 30 heavy (non-hydrogen) atoms. The smallest absolute Gasteiger partial charge is 0.231 e. The van der Waals surface area contributed by atoms with Gasteiger partial charge in [-0.25, -0.2) is 4.98 Å². The molecule has 3 aromatic carbocycles. The molecule has 6 heteroatoms. The van der Waals surface area contributed by atoms with E-state index in [0.717, 1.165) is 71.6 Å². The Morgan fingerprint density at radius 1 is 1.00 bits per heavy atom. The van der Waals surface area contributed by atoms with E-state index in [-0.39, 0.29) is 12.4 Å². The average Bonchev–Trinajstić information content (AvgIpc) is 3.17. The van der Waals surface area contributed by atoms with Crippen molar-refractivity contribution in [3.63, 3.8) is 0 Å². The molecule has 0 atom stereocenters. The maximum Gasteiger partial charge on any atom is 0.231 e. The van der Waals surface area contributed by atoms with Crippen LogP contribution in [0.15, 0.2) is 59.0 Å². The van der Waals surface area contributed by atoms with Crippen LogP contribution in [-0.4, -0.2) is 49.3 Å². The Morgan fingerprint density at radius 2 is 1.77 bits per heavy atom. The fraction of sp³-hybridized carbons (Fsp3) is 0.292. The lowest BCUT2D eigenvalue weighted by atomic mass is 10.1. The molecular weight excluding hydrogens is 400 g/mol. The van der Waals surface area contributed by atoms with Gasteiger partial charge in [0, 0.05) is 19.6 Å². The second-order valence-electron chi connectivity index (χ2n) is 7.49. The summed E-state index contributed by atoms with van der Waals surface area (Å²) in [6, 6.07) is 18.5. The summed E-state index contributed by atoms with van der Waals surface area (Å²) in [7, 11) is 0. The van der Waals surface area contributed by atoms with E-state index < -0.39 is 0 Å². The second kappa shape index (κ2) is 9.04. The van der Waals surface area contributed by atoms with Crippen LogP contribution in [0.25, 0.3) is 33.3 Å². The molecule has 1 aliphatic rings. The maximum atomic E-state index is 6.24. The summed E-state index contributed by atoms with van der Waals surface area (Å²) in [6.45, 7) is 7.05. The van der Waals surface area contributed by atoms with Crippen LogP contribution in [0.4, 0.5) is 0 Å². The predicted octanol–water partition coefficient (Wildman–Crippen LogP) is 5.09. The number of morpholine rings is 1. The zero-order chi connectivity index (χ0) is 19.6. The molecule has 0 spiro atoms. The highest BCUT2D eigenvalue weighted by molar-refractivity contribution is 5.90. The molecule has 0 bridgehead atoms. The van der Waals surface area contributed by atoms with E-state index in [9.17, 15) is 0 Å². The topological polar surface area (TPSA) is 47.7 Å². The molecule has 5 rings (SSSR count). The number of benzene rings is 3. The molecule has 0 N–H and O–H groups in total. The van der Waals surface area contributed by atoms with Crippen molar-refractivity contribution in [2.45, 2.75) is 6.92 Å². The van der Waals surface area contributed by atoms with E-state index in [1.165, 1.54) is 0 Å². The van der Waals surface area contributed by atoms with Gasteiger partial charge in [-0.2, -0.15) is 0 Å². The van der Waals surface area contributed by atoms with Crippen molar-refractivity contribution in [2.24, 2.45) is 0 Å². The zero-order valence-electron chi connectivity index (χ0n) is 17.0. The van der Waals surface area contributed by atoms with E-state index >= 15 is 0 Å². The molecule has 0 radical (unpaired) electrons. The van der Waals surface area contributed by atoms with Gasteiger partial charge in [-0.15, -0.1) is 12.4 Å². The van der Waals surface area contributed by atoms with Crippen LogP contribution in [0.2, 0.25) is 0 Å². The van der Waals surface area contributed by atoms with Gasteiger partial charge in [0.2, 0.25) is 5.89 Å². The van der Waals surface area contributed by atoms with Crippen LogP contribution in [0.5, 0.6) is 5.75 Å². The molecule has 2 heterocycles. The molecule has 5 nitrogen and oxygen atoms in total. The number of hydrogen-bond donors (Lipinski definition) is 0. The van der Waals surface area contributed by atoms with Gasteiger partial charge in [0.1, 0.15) is 17.9 Å². The van der Waals surface area contributed by atoms with Crippen molar-refractivity contribution in [1.82, 2.24) is 9.88 Å². The van der Waals surface area contributed by atoms with Gasteiger partial charge in [-0.1, -0.05) is 30.3 Å². The number of aryl methyl sites for hydroxylation is 1. The summed E-state index contributed by atoms with van der Waals surface area (Å²) in [5.74, 6) is 1.40. The van der Waals surface area contributed by atoms with E-state index in [4.69, 9.17) is 18.9 Å². The van der Waals surface area contributed by atoms with E-state index in [2.05, 4.69) is 42.2 Å². The molecule has 4 aromatic rings. The zero-order valence-corrected chi connectivity index (χ0v) is 17.8. The van der Waals surface area contributed by atoms with Gasteiger partial charge >= 0.3 is 0 Å². The summed E-state index contributed by atoms with van der Waals surface area (Å²) < 4.78 is 17.8. The third-order valence-electron chi connectivity index (χ3n) is 5.39. The van der Waals surface area contributed by atoms with Crippen LogP contribution in [-0.2, 0) is 4.74 Å². The normalized spacial score (nSPS) is 14.7. The Hall–Kier alpha value is -2.60. The number of ether oxygens (including phenoxy) is 2. The molecule has 1 aliphatic heterocycles. The van der Waals surface area contributed by atoms with Crippen LogP contribution in [0, 0.1) is 6.92 Å². The Balaban J connectivity index is 0.00000218. The first-order chi connectivity index (χ1) is 14.3. The van der Waals surface area contributed by atoms with E-state index in [1.54, 1.807) is 0 Å². The summed E-state index contributed by atoms with van der Waals surface area (Å²) in [6.07, 6.45) is 0. The van der Waals surface area contributed by atoms with Crippen molar-refractivity contribution < 1.29 is 13.9 Å². The van der Waals surface area contributed by atoms with E-state index in [1.807, 2.05) is 24.3 Å². The molecule has 1 saturated heterocycles. The number of halogens is 1. The van der Waals surface area contributed by atoms with Gasteiger partial charge in [0.15, 0.2) is 5.58 Å². The number of fused-ring (bicyclic) bond motifs is 2. The molecule has 0 aliphatic carbocycles. The molecule has 1 fully saturated rings. The molecule has 0 amide bonds. The minimum Gasteiger partial charge on any atom is -0.491 e. The standard InChI is InChI=1S/C24H24N2O3.ClH/c1-17-6-7-21-23(14-17)29-24(25-21)20-15-18-4-2-3-5-19(18)16-22(20)28-13-10-26-8-11-27-12-9-26;/h2-7,14-16H,8-13H2,1H3;1H.